The highest BCUT2D eigenvalue weighted by molar-refractivity contribution is 6.33. The van der Waals surface area contributed by atoms with Gasteiger partial charge in [0.1, 0.15) is 5.02 Å². The molecule has 0 atom stereocenters. The van der Waals surface area contributed by atoms with Crippen molar-refractivity contribution < 1.29 is 4.79 Å². The number of aromatic nitrogens is 2. The SMILES string of the molecule is CC(C)c1ccc(C(=O)N2CCN(c3cnn(-c4ccccc4)c(=O)c3Cl)CC2)cc1. The van der Waals surface area contributed by atoms with Crippen LogP contribution in [0.2, 0.25) is 5.02 Å². The van der Waals surface area contributed by atoms with Gasteiger partial charge in [0.2, 0.25) is 0 Å². The van der Waals surface area contributed by atoms with Crippen molar-refractivity contribution in [1.29, 1.82) is 0 Å². The fourth-order valence-electron chi connectivity index (χ4n) is 3.74. The third-order valence-electron chi connectivity index (χ3n) is 5.63. The van der Waals surface area contributed by atoms with E-state index >= 15 is 0 Å². The van der Waals surface area contributed by atoms with E-state index in [2.05, 4.69) is 18.9 Å². The third-order valence-corrected chi connectivity index (χ3v) is 5.99. The average Bonchev–Trinajstić information content (AvgIpc) is 2.81. The normalized spacial score (nSPS) is 14.2. The Morgan fingerprint density at radius 1 is 0.968 bits per heavy atom. The molecule has 0 spiro atoms. The number of para-hydroxylation sites is 1. The van der Waals surface area contributed by atoms with Gasteiger partial charge in [-0.1, -0.05) is 55.8 Å². The highest BCUT2D eigenvalue weighted by atomic mass is 35.5. The first-order valence-corrected chi connectivity index (χ1v) is 10.8. The van der Waals surface area contributed by atoms with Crippen LogP contribution in [-0.2, 0) is 0 Å². The summed E-state index contributed by atoms with van der Waals surface area (Å²) < 4.78 is 1.30. The quantitative estimate of drug-likeness (QED) is 0.621. The molecule has 1 fully saturated rings. The Bertz CT molecular complexity index is 1120. The molecule has 31 heavy (non-hydrogen) atoms. The molecule has 1 saturated heterocycles. The lowest BCUT2D eigenvalue weighted by Crippen LogP contribution is -2.49. The second kappa shape index (κ2) is 8.94. The fourth-order valence-corrected chi connectivity index (χ4v) is 3.99. The lowest BCUT2D eigenvalue weighted by atomic mass is 10.0. The van der Waals surface area contributed by atoms with Crippen molar-refractivity contribution in [3.8, 4) is 5.69 Å². The predicted molar refractivity (Wildman–Crippen MR) is 123 cm³/mol. The molecular weight excluding hydrogens is 412 g/mol. The molecule has 4 rings (SSSR count). The number of piperazine rings is 1. The summed E-state index contributed by atoms with van der Waals surface area (Å²) >= 11 is 6.42. The van der Waals surface area contributed by atoms with Gasteiger partial charge < -0.3 is 9.80 Å². The summed E-state index contributed by atoms with van der Waals surface area (Å²) in [5.41, 5.74) is 2.83. The second-order valence-corrected chi connectivity index (χ2v) is 8.33. The van der Waals surface area contributed by atoms with Crippen LogP contribution in [0.3, 0.4) is 0 Å². The Morgan fingerprint density at radius 3 is 2.23 bits per heavy atom. The smallest absolute Gasteiger partial charge is 0.292 e. The lowest BCUT2D eigenvalue weighted by molar-refractivity contribution is 0.0746. The zero-order valence-electron chi connectivity index (χ0n) is 17.7. The van der Waals surface area contributed by atoms with E-state index in [9.17, 15) is 9.59 Å². The maximum Gasteiger partial charge on any atom is 0.292 e. The molecule has 1 amide bonds. The minimum Gasteiger partial charge on any atom is -0.365 e. The van der Waals surface area contributed by atoms with E-state index in [0.29, 0.717) is 49.0 Å². The molecule has 1 aromatic heterocycles. The maximum atomic E-state index is 12.9. The lowest BCUT2D eigenvalue weighted by Gasteiger charge is -2.36. The number of carbonyl (C=O) groups is 1. The van der Waals surface area contributed by atoms with Gasteiger partial charge in [0.05, 0.1) is 17.6 Å². The van der Waals surface area contributed by atoms with Crippen molar-refractivity contribution in [2.45, 2.75) is 19.8 Å². The molecule has 1 aliphatic rings. The number of nitrogens with zero attached hydrogens (tertiary/aromatic N) is 4. The Labute approximate surface area is 186 Å². The molecule has 1 aliphatic heterocycles. The first-order valence-electron chi connectivity index (χ1n) is 10.4. The number of amides is 1. The van der Waals surface area contributed by atoms with Crippen LogP contribution in [0, 0.1) is 0 Å². The molecule has 2 heterocycles. The van der Waals surface area contributed by atoms with Gasteiger partial charge in [-0.25, -0.2) is 0 Å². The van der Waals surface area contributed by atoms with Crippen molar-refractivity contribution in [3.63, 3.8) is 0 Å². The van der Waals surface area contributed by atoms with E-state index in [1.807, 2.05) is 64.4 Å². The van der Waals surface area contributed by atoms with Crippen molar-refractivity contribution in [1.82, 2.24) is 14.7 Å². The summed E-state index contributed by atoms with van der Waals surface area (Å²) in [4.78, 5) is 29.5. The highest BCUT2D eigenvalue weighted by Crippen LogP contribution is 2.24. The molecule has 7 heteroatoms. The third kappa shape index (κ3) is 4.35. The summed E-state index contributed by atoms with van der Waals surface area (Å²) in [6, 6.07) is 17.0. The van der Waals surface area contributed by atoms with Gasteiger partial charge in [0.15, 0.2) is 0 Å². The van der Waals surface area contributed by atoms with E-state index < -0.39 is 0 Å². The highest BCUT2D eigenvalue weighted by Gasteiger charge is 2.25. The molecule has 6 nitrogen and oxygen atoms in total. The first kappa shape index (κ1) is 21.1. The van der Waals surface area contributed by atoms with Gasteiger partial charge in [-0.05, 0) is 35.7 Å². The molecule has 0 saturated carbocycles. The molecule has 160 valence electrons. The molecule has 0 aliphatic carbocycles. The van der Waals surface area contributed by atoms with Crippen LogP contribution in [0.1, 0.15) is 35.7 Å². The van der Waals surface area contributed by atoms with E-state index in [1.54, 1.807) is 6.20 Å². The van der Waals surface area contributed by atoms with Gasteiger partial charge in [0, 0.05) is 31.7 Å². The summed E-state index contributed by atoms with van der Waals surface area (Å²) in [6.07, 6.45) is 1.62. The van der Waals surface area contributed by atoms with E-state index in [0.717, 1.165) is 0 Å². The van der Waals surface area contributed by atoms with Crippen molar-refractivity contribution in [3.05, 3.63) is 87.3 Å². The summed E-state index contributed by atoms with van der Waals surface area (Å²) in [6.45, 7) is 6.56. The number of benzene rings is 2. The number of halogens is 1. The molecule has 0 radical (unpaired) electrons. The van der Waals surface area contributed by atoms with Gasteiger partial charge in [-0.15, -0.1) is 0 Å². The van der Waals surface area contributed by atoms with Crippen LogP contribution in [0.5, 0.6) is 0 Å². The second-order valence-electron chi connectivity index (χ2n) is 7.95. The maximum absolute atomic E-state index is 12.9. The number of hydrogen-bond acceptors (Lipinski definition) is 4. The van der Waals surface area contributed by atoms with Crippen LogP contribution >= 0.6 is 11.6 Å². The van der Waals surface area contributed by atoms with Crippen molar-refractivity contribution in [2.75, 3.05) is 31.1 Å². The number of anilines is 1. The minimum atomic E-state index is -0.353. The van der Waals surface area contributed by atoms with E-state index in [4.69, 9.17) is 11.6 Å². The Morgan fingerprint density at radius 2 is 1.61 bits per heavy atom. The molecule has 0 N–H and O–H groups in total. The molecule has 2 aromatic carbocycles. The first-order chi connectivity index (χ1) is 15.0. The number of carbonyl (C=O) groups excluding carboxylic acids is 1. The topological polar surface area (TPSA) is 58.4 Å². The van der Waals surface area contributed by atoms with Crippen LogP contribution in [-0.4, -0.2) is 46.8 Å². The minimum absolute atomic E-state index is 0.0265. The van der Waals surface area contributed by atoms with Gasteiger partial charge in [-0.2, -0.15) is 9.78 Å². The van der Waals surface area contributed by atoms with Gasteiger partial charge >= 0.3 is 0 Å². The average molecular weight is 437 g/mol. The largest absolute Gasteiger partial charge is 0.365 e. The summed E-state index contributed by atoms with van der Waals surface area (Å²) in [7, 11) is 0. The van der Waals surface area contributed by atoms with Crippen LogP contribution < -0.4 is 10.5 Å². The van der Waals surface area contributed by atoms with Crippen LogP contribution in [0.15, 0.2) is 65.6 Å². The zero-order chi connectivity index (χ0) is 22.0. The van der Waals surface area contributed by atoms with Crippen molar-refractivity contribution in [2.24, 2.45) is 0 Å². The van der Waals surface area contributed by atoms with Crippen LogP contribution in [0.25, 0.3) is 5.69 Å². The van der Waals surface area contributed by atoms with Gasteiger partial charge in [-0.3, -0.25) is 9.59 Å². The van der Waals surface area contributed by atoms with E-state index in [-0.39, 0.29) is 16.5 Å². The van der Waals surface area contributed by atoms with Crippen molar-refractivity contribution >= 4 is 23.2 Å². The monoisotopic (exact) mass is 436 g/mol. The van der Waals surface area contributed by atoms with E-state index in [1.165, 1.54) is 10.2 Å². The Hall–Kier alpha value is -3.12. The van der Waals surface area contributed by atoms with Gasteiger partial charge in [0.25, 0.3) is 11.5 Å². The zero-order valence-corrected chi connectivity index (χ0v) is 18.4. The number of rotatable bonds is 4. The number of hydrogen-bond donors (Lipinski definition) is 0. The Kier molecular flexibility index (Phi) is 6.09. The molecular formula is C24H25ClN4O2. The molecule has 0 bridgehead atoms. The Balaban J connectivity index is 1.46. The summed E-state index contributed by atoms with van der Waals surface area (Å²) in [5.74, 6) is 0.460. The summed E-state index contributed by atoms with van der Waals surface area (Å²) in [5, 5.41) is 4.45. The molecule has 0 unspecified atom stereocenters. The predicted octanol–water partition coefficient (Wildman–Crippen LogP) is 3.97. The van der Waals surface area contributed by atoms with Crippen LogP contribution in [0.4, 0.5) is 5.69 Å². The molecule has 3 aromatic rings. The standard InChI is InChI=1S/C24H25ClN4O2/c1-17(2)18-8-10-19(11-9-18)23(30)28-14-12-27(13-15-28)21-16-26-29(24(31)22(21)25)20-6-4-3-5-7-20/h3-11,16-17H,12-15H2,1-2H3. The fraction of sp³-hybridized carbons (Fsp3) is 0.292.